The van der Waals surface area contributed by atoms with E-state index in [0.717, 1.165) is 19.3 Å². The lowest BCUT2D eigenvalue weighted by molar-refractivity contribution is -0.141. The van der Waals surface area contributed by atoms with Crippen molar-refractivity contribution in [1.82, 2.24) is 4.90 Å². The molecule has 0 aromatic heterocycles. The molecule has 17 heavy (non-hydrogen) atoms. The van der Waals surface area contributed by atoms with Crippen molar-refractivity contribution < 1.29 is 9.59 Å². The number of halogens is 1. The van der Waals surface area contributed by atoms with Gasteiger partial charge in [-0.05, 0) is 25.2 Å². The normalized spacial score (nSPS) is 25.1. The van der Waals surface area contributed by atoms with Crippen LogP contribution in [0.5, 0.6) is 0 Å². The van der Waals surface area contributed by atoms with Gasteiger partial charge >= 0.3 is 0 Å². The maximum absolute atomic E-state index is 12.2. The second kappa shape index (κ2) is 5.85. The maximum Gasteiger partial charge on any atom is 0.235 e. The molecule has 0 aromatic carbocycles. The minimum absolute atomic E-state index is 0.00534. The van der Waals surface area contributed by atoms with E-state index in [1.165, 1.54) is 4.90 Å². The van der Waals surface area contributed by atoms with E-state index in [1.54, 1.807) is 0 Å². The number of rotatable bonds is 6. The van der Waals surface area contributed by atoms with E-state index >= 15 is 0 Å². The number of alkyl halides is 1. The monoisotopic (exact) mass is 259 g/mol. The van der Waals surface area contributed by atoms with E-state index in [2.05, 4.69) is 13.8 Å². The van der Waals surface area contributed by atoms with Crippen LogP contribution in [0.25, 0.3) is 0 Å². The highest BCUT2D eigenvalue weighted by atomic mass is 35.5. The minimum atomic E-state index is -0.480. The van der Waals surface area contributed by atoms with Crippen molar-refractivity contribution in [2.45, 2.75) is 46.5 Å². The van der Waals surface area contributed by atoms with E-state index in [0.29, 0.717) is 24.8 Å². The molecule has 1 aliphatic heterocycles. The van der Waals surface area contributed by atoms with E-state index in [1.807, 2.05) is 6.92 Å². The van der Waals surface area contributed by atoms with Gasteiger partial charge in [-0.1, -0.05) is 20.8 Å². The number of hydrogen-bond acceptors (Lipinski definition) is 2. The predicted molar refractivity (Wildman–Crippen MR) is 68.9 cm³/mol. The van der Waals surface area contributed by atoms with Gasteiger partial charge in [-0.15, -0.1) is 11.6 Å². The maximum atomic E-state index is 12.2. The number of hydrogen-bond donors (Lipinski definition) is 0. The smallest absolute Gasteiger partial charge is 0.235 e. The topological polar surface area (TPSA) is 37.4 Å². The fourth-order valence-electron chi connectivity index (χ4n) is 2.60. The summed E-state index contributed by atoms with van der Waals surface area (Å²) in [6.45, 7) is 6.60. The molecular weight excluding hydrogens is 238 g/mol. The lowest BCUT2D eigenvalue weighted by atomic mass is 9.80. The molecule has 0 spiro atoms. The Balaban J connectivity index is 2.64. The van der Waals surface area contributed by atoms with Crippen molar-refractivity contribution >= 4 is 23.4 Å². The van der Waals surface area contributed by atoms with Crippen molar-refractivity contribution in [2.24, 2.45) is 11.3 Å². The van der Waals surface area contributed by atoms with Crippen LogP contribution in [0.3, 0.4) is 0 Å². The number of nitrogens with zero attached hydrogens (tertiary/aromatic N) is 1. The Hall–Kier alpha value is -0.570. The fraction of sp³-hybridized carbons (Fsp3) is 0.846. The summed E-state index contributed by atoms with van der Waals surface area (Å²) in [5.74, 6) is 0.998. The quantitative estimate of drug-likeness (QED) is 0.418. The first kappa shape index (κ1) is 14.5. The lowest BCUT2D eigenvalue weighted by Crippen LogP contribution is -2.35. The average Bonchev–Trinajstić information content (AvgIpc) is 2.40. The van der Waals surface area contributed by atoms with Gasteiger partial charge in [0.05, 0.1) is 5.41 Å². The average molecular weight is 260 g/mol. The third kappa shape index (κ3) is 3.44. The van der Waals surface area contributed by atoms with Gasteiger partial charge in [0.2, 0.25) is 11.8 Å². The largest absolute Gasteiger partial charge is 0.282 e. The number of likely N-dealkylation sites (tertiary alicyclic amines) is 1. The summed E-state index contributed by atoms with van der Waals surface area (Å²) in [7, 11) is 0. The Kier molecular flexibility index (Phi) is 4.99. The second-order valence-electron chi connectivity index (χ2n) is 5.58. The van der Waals surface area contributed by atoms with E-state index in [-0.39, 0.29) is 11.8 Å². The van der Waals surface area contributed by atoms with Crippen LogP contribution < -0.4 is 0 Å². The lowest BCUT2D eigenvalue weighted by Gasteiger charge is -2.23. The molecule has 0 bridgehead atoms. The summed E-state index contributed by atoms with van der Waals surface area (Å²) >= 11 is 5.60. The van der Waals surface area contributed by atoms with Crippen LogP contribution in [0, 0.1) is 11.3 Å². The van der Waals surface area contributed by atoms with Gasteiger partial charge in [0.1, 0.15) is 0 Å². The molecule has 1 heterocycles. The fourth-order valence-corrected chi connectivity index (χ4v) is 2.78. The molecule has 1 rings (SSSR count). The number of unbranched alkanes of at least 4 members (excludes halogenated alkanes) is 1. The molecule has 0 N–H and O–H groups in total. The Labute approximate surface area is 108 Å². The highest BCUT2D eigenvalue weighted by molar-refractivity contribution is 6.17. The van der Waals surface area contributed by atoms with Gasteiger partial charge in [-0.3, -0.25) is 14.5 Å². The van der Waals surface area contributed by atoms with Crippen molar-refractivity contribution in [2.75, 3.05) is 12.4 Å². The Morgan fingerprint density at radius 3 is 2.53 bits per heavy atom. The summed E-state index contributed by atoms with van der Waals surface area (Å²) in [4.78, 5) is 25.5. The molecule has 1 atom stereocenters. The zero-order valence-electron chi connectivity index (χ0n) is 11.0. The van der Waals surface area contributed by atoms with Crippen molar-refractivity contribution in [1.29, 1.82) is 0 Å². The molecule has 0 aromatic rings. The van der Waals surface area contributed by atoms with Crippen LogP contribution in [0.15, 0.2) is 0 Å². The number of imide groups is 1. The Bertz CT molecular complexity index is 304. The summed E-state index contributed by atoms with van der Waals surface area (Å²) in [6.07, 6.45) is 2.80. The molecule has 0 aliphatic carbocycles. The van der Waals surface area contributed by atoms with Crippen molar-refractivity contribution in [3.63, 3.8) is 0 Å². The van der Waals surface area contributed by atoms with Crippen LogP contribution in [-0.2, 0) is 9.59 Å². The van der Waals surface area contributed by atoms with Crippen LogP contribution in [0.2, 0.25) is 0 Å². The van der Waals surface area contributed by atoms with Crippen molar-refractivity contribution in [3.05, 3.63) is 0 Å². The molecule has 1 aliphatic rings. The summed E-state index contributed by atoms with van der Waals surface area (Å²) in [5, 5.41) is 0. The van der Waals surface area contributed by atoms with E-state index in [9.17, 15) is 9.59 Å². The number of amides is 2. The Morgan fingerprint density at radius 2 is 2.00 bits per heavy atom. The SMILES string of the molecule is CC(C)CC1(C)CC(=O)N(CCCCCl)C1=O. The molecule has 2 amide bonds. The third-order valence-corrected chi connectivity index (χ3v) is 3.50. The van der Waals surface area contributed by atoms with Crippen LogP contribution >= 0.6 is 11.6 Å². The Morgan fingerprint density at radius 1 is 1.35 bits per heavy atom. The zero-order valence-corrected chi connectivity index (χ0v) is 11.7. The van der Waals surface area contributed by atoms with Gasteiger partial charge in [0, 0.05) is 18.8 Å². The van der Waals surface area contributed by atoms with E-state index < -0.39 is 5.41 Å². The molecule has 98 valence electrons. The van der Waals surface area contributed by atoms with Crippen LogP contribution in [0.1, 0.15) is 46.5 Å². The molecule has 0 radical (unpaired) electrons. The van der Waals surface area contributed by atoms with Gasteiger partial charge in [-0.25, -0.2) is 0 Å². The zero-order chi connectivity index (χ0) is 13.1. The first-order valence-corrected chi connectivity index (χ1v) is 6.85. The first-order chi connectivity index (χ1) is 7.90. The summed E-state index contributed by atoms with van der Waals surface area (Å²) < 4.78 is 0. The van der Waals surface area contributed by atoms with Crippen LogP contribution in [-0.4, -0.2) is 29.1 Å². The standard InChI is InChI=1S/C13H22ClNO2/c1-10(2)8-13(3)9-11(16)15(12(13)17)7-5-4-6-14/h10H,4-9H2,1-3H3. The summed E-state index contributed by atoms with van der Waals surface area (Å²) in [6, 6.07) is 0. The number of carbonyl (C=O) groups excluding carboxylic acids is 2. The molecule has 1 saturated heterocycles. The van der Waals surface area contributed by atoms with Crippen molar-refractivity contribution in [3.8, 4) is 0 Å². The van der Waals surface area contributed by atoms with Crippen LogP contribution in [0.4, 0.5) is 0 Å². The summed E-state index contributed by atoms with van der Waals surface area (Å²) in [5.41, 5.74) is -0.480. The van der Waals surface area contributed by atoms with Gasteiger partial charge in [0.25, 0.3) is 0 Å². The molecule has 0 saturated carbocycles. The predicted octanol–water partition coefficient (Wildman–Crippen LogP) is 2.82. The highest BCUT2D eigenvalue weighted by Crippen LogP contribution is 2.38. The third-order valence-electron chi connectivity index (χ3n) is 3.23. The highest BCUT2D eigenvalue weighted by Gasteiger charge is 2.47. The second-order valence-corrected chi connectivity index (χ2v) is 5.96. The molecule has 3 nitrogen and oxygen atoms in total. The van der Waals surface area contributed by atoms with Gasteiger partial charge in [0.15, 0.2) is 0 Å². The van der Waals surface area contributed by atoms with Gasteiger partial charge < -0.3 is 0 Å². The minimum Gasteiger partial charge on any atom is -0.282 e. The van der Waals surface area contributed by atoms with Gasteiger partial charge in [-0.2, -0.15) is 0 Å². The molecule has 1 unspecified atom stereocenters. The first-order valence-electron chi connectivity index (χ1n) is 6.31. The van der Waals surface area contributed by atoms with E-state index in [4.69, 9.17) is 11.6 Å². The molecular formula is C13H22ClNO2. The molecule has 1 fully saturated rings. The number of carbonyl (C=O) groups is 2. The molecule has 4 heteroatoms.